The van der Waals surface area contributed by atoms with Gasteiger partial charge < -0.3 is 10.2 Å². The number of nitrogens with zero attached hydrogens (tertiary/aromatic N) is 4. The van der Waals surface area contributed by atoms with Crippen molar-refractivity contribution in [3.8, 4) is 0 Å². The molecule has 0 aliphatic carbocycles. The maximum Gasteiger partial charge on any atom is 0.270 e. The summed E-state index contributed by atoms with van der Waals surface area (Å²) in [6.07, 6.45) is 4.11. The molecule has 0 atom stereocenters. The van der Waals surface area contributed by atoms with Crippen molar-refractivity contribution in [2.24, 2.45) is 4.99 Å². The summed E-state index contributed by atoms with van der Waals surface area (Å²) in [6.45, 7) is 10.1. The second-order valence-corrected chi connectivity index (χ2v) is 9.48. The Bertz CT molecular complexity index is 1120. The van der Waals surface area contributed by atoms with Crippen LogP contribution in [0.15, 0.2) is 23.3 Å². The highest BCUT2D eigenvalue weighted by molar-refractivity contribution is 6.05. The Kier molecular flexibility index (Phi) is 4.53. The van der Waals surface area contributed by atoms with Gasteiger partial charge in [-0.15, -0.1) is 0 Å². The fourth-order valence-corrected chi connectivity index (χ4v) is 5.26. The van der Waals surface area contributed by atoms with Crippen LogP contribution in [0.5, 0.6) is 0 Å². The zero-order valence-electron chi connectivity index (χ0n) is 18.7. The van der Waals surface area contributed by atoms with Crippen LogP contribution in [0.3, 0.4) is 0 Å². The smallest absolute Gasteiger partial charge is 0.270 e. The monoisotopic (exact) mass is 419 g/mol. The predicted molar refractivity (Wildman–Crippen MR) is 119 cm³/mol. The molecule has 7 nitrogen and oxygen atoms in total. The molecule has 162 valence electrons. The quantitative estimate of drug-likeness (QED) is 0.813. The number of aryl methyl sites for hydroxylation is 1. The number of aliphatic imine (C=N–C) groups is 1. The molecular weight excluding hydrogens is 390 g/mol. The van der Waals surface area contributed by atoms with Gasteiger partial charge in [-0.3, -0.25) is 19.3 Å². The van der Waals surface area contributed by atoms with Gasteiger partial charge in [-0.25, -0.2) is 0 Å². The summed E-state index contributed by atoms with van der Waals surface area (Å²) in [6, 6.07) is 4.14. The van der Waals surface area contributed by atoms with Gasteiger partial charge >= 0.3 is 0 Å². The average molecular weight is 420 g/mol. The highest BCUT2D eigenvalue weighted by atomic mass is 16.2. The molecule has 1 aromatic heterocycles. The van der Waals surface area contributed by atoms with E-state index in [0.29, 0.717) is 25.3 Å². The molecule has 0 bridgehead atoms. The lowest BCUT2D eigenvalue weighted by Crippen LogP contribution is -2.59. The summed E-state index contributed by atoms with van der Waals surface area (Å²) < 4.78 is 1.80. The number of fused-ring (bicyclic) bond motifs is 2. The maximum absolute atomic E-state index is 13.3. The molecule has 1 saturated heterocycles. The van der Waals surface area contributed by atoms with E-state index >= 15 is 0 Å². The topological polar surface area (TPSA) is 79.6 Å². The van der Waals surface area contributed by atoms with E-state index in [1.807, 2.05) is 44.0 Å². The molecule has 5 rings (SSSR count). The zero-order valence-corrected chi connectivity index (χ0v) is 18.7. The molecule has 31 heavy (non-hydrogen) atoms. The summed E-state index contributed by atoms with van der Waals surface area (Å²) in [5.41, 5.74) is 6.61. The molecule has 0 unspecified atom stereocenters. The maximum atomic E-state index is 13.3. The van der Waals surface area contributed by atoms with E-state index in [0.717, 1.165) is 47.2 Å². The van der Waals surface area contributed by atoms with E-state index in [4.69, 9.17) is 0 Å². The number of carbonyl (C=O) groups excluding carboxylic acids is 2. The van der Waals surface area contributed by atoms with Gasteiger partial charge in [0, 0.05) is 47.1 Å². The Labute approximate surface area is 182 Å². The normalized spacial score (nSPS) is 19.3. The van der Waals surface area contributed by atoms with Crippen molar-refractivity contribution >= 4 is 17.5 Å². The average Bonchev–Trinajstić information content (AvgIpc) is 3.32. The number of rotatable bonds is 2. The van der Waals surface area contributed by atoms with Crippen molar-refractivity contribution in [2.75, 3.05) is 13.1 Å². The largest absolute Gasteiger partial charge is 0.345 e. The third-order valence-electron chi connectivity index (χ3n) is 7.07. The summed E-state index contributed by atoms with van der Waals surface area (Å²) in [5.74, 6) is 0.0205. The van der Waals surface area contributed by atoms with Crippen molar-refractivity contribution in [3.63, 3.8) is 0 Å². The van der Waals surface area contributed by atoms with Crippen molar-refractivity contribution in [3.05, 3.63) is 51.8 Å². The van der Waals surface area contributed by atoms with Crippen molar-refractivity contribution in [1.29, 1.82) is 0 Å². The van der Waals surface area contributed by atoms with Gasteiger partial charge in [0.05, 0.1) is 12.7 Å². The summed E-state index contributed by atoms with van der Waals surface area (Å²) in [4.78, 5) is 32.6. The molecule has 1 fully saturated rings. The molecule has 3 aliphatic rings. The van der Waals surface area contributed by atoms with Gasteiger partial charge in [0.15, 0.2) is 0 Å². The fourth-order valence-electron chi connectivity index (χ4n) is 5.26. The van der Waals surface area contributed by atoms with Crippen LogP contribution < -0.4 is 5.32 Å². The van der Waals surface area contributed by atoms with Gasteiger partial charge in [0.2, 0.25) is 0 Å². The van der Waals surface area contributed by atoms with Crippen LogP contribution in [0.2, 0.25) is 0 Å². The Balaban J connectivity index is 1.32. The second-order valence-electron chi connectivity index (χ2n) is 9.48. The van der Waals surface area contributed by atoms with E-state index < -0.39 is 0 Å². The van der Waals surface area contributed by atoms with Crippen molar-refractivity contribution in [2.45, 2.75) is 65.1 Å². The molecule has 7 heteroatoms. The highest BCUT2D eigenvalue weighted by Gasteiger charge is 2.43. The second kappa shape index (κ2) is 7.04. The van der Waals surface area contributed by atoms with E-state index in [2.05, 4.69) is 22.3 Å². The van der Waals surface area contributed by atoms with Crippen molar-refractivity contribution in [1.82, 2.24) is 20.0 Å². The van der Waals surface area contributed by atoms with E-state index in [-0.39, 0.29) is 23.4 Å². The lowest BCUT2D eigenvalue weighted by molar-refractivity contribution is 0.0603. The summed E-state index contributed by atoms with van der Waals surface area (Å²) in [7, 11) is 0. The zero-order chi connectivity index (χ0) is 21.9. The van der Waals surface area contributed by atoms with E-state index in [1.165, 1.54) is 5.56 Å². The molecule has 0 saturated carbocycles. The van der Waals surface area contributed by atoms with Crippen LogP contribution in [0.4, 0.5) is 0 Å². The van der Waals surface area contributed by atoms with Gasteiger partial charge in [-0.05, 0) is 70.2 Å². The molecule has 1 N–H and O–H groups in total. The standard InChI is InChI=1S/C24H29N5O2/c1-14(2)29-21-18(12-26-29)11-24(27-22(21)30)5-7-28(8-6-24)23(31)17-9-15(3)20-13-25-16(4)19(20)10-17/h9-10,12,14H,5-8,11,13H2,1-4H3,(H,27,30). The van der Waals surface area contributed by atoms with Crippen LogP contribution in [0.25, 0.3) is 0 Å². The number of piperidine rings is 1. The first kappa shape index (κ1) is 20.0. The first-order valence-electron chi connectivity index (χ1n) is 11.1. The Morgan fingerprint density at radius 1 is 1.19 bits per heavy atom. The molecule has 1 aromatic carbocycles. The lowest BCUT2D eigenvalue weighted by atomic mass is 9.79. The minimum atomic E-state index is -0.289. The Morgan fingerprint density at radius 2 is 1.94 bits per heavy atom. The van der Waals surface area contributed by atoms with Crippen LogP contribution in [-0.2, 0) is 13.0 Å². The molecular formula is C24H29N5O2. The van der Waals surface area contributed by atoms with Gasteiger partial charge in [-0.2, -0.15) is 5.10 Å². The first-order valence-corrected chi connectivity index (χ1v) is 11.1. The number of carbonyl (C=O) groups is 2. The molecule has 1 spiro atoms. The number of hydrogen-bond donors (Lipinski definition) is 1. The molecule has 2 amide bonds. The Morgan fingerprint density at radius 3 is 2.65 bits per heavy atom. The van der Waals surface area contributed by atoms with E-state index in [9.17, 15) is 9.59 Å². The number of hydrogen-bond acceptors (Lipinski definition) is 4. The molecule has 0 radical (unpaired) electrons. The van der Waals surface area contributed by atoms with Crippen molar-refractivity contribution < 1.29 is 9.59 Å². The molecule has 2 aromatic rings. The number of nitrogens with one attached hydrogen (secondary N) is 1. The van der Waals surface area contributed by atoms with Crippen LogP contribution in [-0.4, -0.2) is 50.8 Å². The number of aromatic nitrogens is 2. The minimum absolute atomic E-state index is 0.0452. The molecule has 3 aliphatic heterocycles. The van der Waals surface area contributed by atoms with Crippen LogP contribution >= 0.6 is 0 Å². The number of amides is 2. The van der Waals surface area contributed by atoms with Gasteiger partial charge in [-0.1, -0.05) is 0 Å². The third kappa shape index (κ3) is 3.18. The Hall–Kier alpha value is -2.96. The highest BCUT2D eigenvalue weighted by Crippen LogP contribution is 2.33. The number of benzene rings is 1. The van der Waals surface area contributed by atoms with Crippen LogP contribution in [0, 0.1) is 6.92 Å². The summed E-state index contributed by atoms with van der Waals surface area (Å²) >= 11 is 0. The van der Waals surface area contributed by atoms with E-state index in [1.54, 1.807) is 4.68 Å². The van der Waals surface area contributed by atoms with Crippen LogP contribution in [0.1, 0.15) is 82.8 Å². The minimum Gasteiger partial charge on any atom is -0.345 e. The third-order valence-corrected chi connectivity index (χ3v) is 7.07. The molecule has 4 heterocycles. The first-order chi connectivity index (χ1) is 14.8. The predicted octanol–water partition coefficient (Wildman–Crippen LogP) is 3.06. The fraction of sp³-hybridized carbons (Fsp3) is 0.500. The number of likely N-dealkylation sites (tertiary alicyclic amines) is 1. The van der Waals surface area contributed by atoms with Gasteiger partial charge in [0.1, 0.15) is 5.69 Å². The summed E-state index contributed by atoms with van der Waals surface area (Å²) in [5, 5.41) is 7.70. The lowest BCUT2D eigenvalue weighted by Gasteiger charge is -2.44. The van der Waals surface area contributed by atoms with Gasteiger partial charge in [0.25, 0.3) is 11.8 Å². The SMILES string of the molecule is CC1=NCc2c(C)cc(C(=O)N3CCC4(CC3)Cc3cnn(C(C)C)c3C(=O)N4)cc21.